The minimum Gasteiger partial charge on any atom is -0.380 e. The summed E-state index contributed by atoms with van der Waals surface area (Å²) in [5, 5.41) is 3.11. The third-order valence-electron chi connectivity index (χ3n) is 3.06. The molecule has 0 aliphatic carbocycles. The van der Waals surface area contributed by atoms with E-state index >= 15 is 0 Å². The average Bonchev–Trinajstić information content (AvgIpc) is 2.37. The second kappa shape index (κ2) is 5.70. The minimum absolute atomic E-state index is 0.0389. The molecule has 1 nitrogen and oxygen atoms in total. The van der Waals surface area contributed by atoms with Crippen LogP contribution in [0.15, 0.2) is 34.8 Å². The normalized spacial score (nSPS) is 10.6. The predicted octanol–water partition coefficient (Wildman–Crippen LogP) is 4.96. The quantitative estimate of drug-likeness (QED) is 0.787. The summed E-state index contributed by atoms with van der Waals surface area (Å²) >= 11 is 3.07. The van der Waals surface area contributed by atoms with E-state index < -0.39 is 11.6 Å². The molecule has 0 amide bonds. The van der Waals surface area contributed by atoms with E-state index in [-0.39, 0.29) is 16.6 Å². The molecule has 0 bridgehead atoms. The standard InChI is InChI=1S/C15H14BrF2N/c1-9-4-3-5-10(2)15(9)19-8-11-13(17)7-6-12(16)14(11)18/h3-7,19H,8H2,1-2H3. The van der Waals surface area contributed by atoms with Crippen LogP contribution in [0, 0.1) is 25.5 Å². The van der Waals surface area contributed by atoms with Crippen molar-refractivity contribution in [3.05, 3.63) is 63.1 Å². The van der Waals surface area contributed by atoms with Crippen LogP contribution in [0.2, 0.25) is 0 Å². The van der Waals surface area contributed by atoms with Crippen molar-refractivity contribution in [3.8, 4) is 0 Å². The van der Waals surface area contributed by atoms with Gasteiger partial charge in [0.1, 0.15) is 11.6 Å². The first-order valence-electron chi connectivity index (χ1n) is 5.93. The third-order valence-corrected chi connectivity index (χ3v) is 3.67. The van der Waals surface area contributed by atoms with Crippen molar-refractivity contribution in [3.63, 3.8) is 0 Å². The molecule has 2 aromatic rings. The van der Waals surface area contributed by atoms with Crippen molar-refractivity contribution in [2.24, 2.45) is 0 Å². The van der Waals surface area contributed by atoms with Gasteiger partial charge in [-0.15, -0.1) is 0 Å². The Morgan fingerprint density at radius 1 is 1.05 bits per heavy atom. The summed E-state index contributed by atoms with van der Waals surface area (Å²) < 4.78 is 27.7. The largest absolute Gasteiger partial charge is 0.380 e. The van der Waals surface area contributed by atoms with Gasteiger partial charge in [0.15, 0.2) is 0 Å². The lowest BCUT2D eigenvalue weighted by Crippen LogP contribution is -2.07. The lowest BCUT2D eigenvalue weighted by molar-refractivity contribution is 0.555. The van der Waals surface area contributed by atoms with Gasteiger partial charge in [-0.2, -0.15) is 0 Å². The van der Waals surface area contributed by atoms with Crippen molar-refractivity contribution in [1.82, 2.24) is 0 Å². The van der Waals surface area contributed by atoms with Crippen LogP contribution in [0.5, 0.6) is 0 Å². The predicted molar refractivity (Wildman–Crippen MR) is 77.3 cm³/mol. The Balaban J connectivity index is 2.27. The highest BCUT2D eigenvalue weighted by atomic mass is 79.9. The minimum atomic E-state index is -0.557. The highest BCUT2D eigenvalue weighted by Gasteiger charge is 2.12. The first-order valence-corrected chi connectivity index (χ1v) is 6.72. The molecule has 0 aromatic heterocycles. The zero-order chi connectivity index (χ0) is 14.0. The van der Waals surface area contributed by atoms with E-state index in [1.54, 1.807) is 0 Å². The fourth-order valence-electron chi connectivity index (χ4n) is 2.00. The van der Waals surface area contributed by atoms with Crippen LogP contribution >= 0.6 is 15.9 Å². The van der Waals surface area contributed by atoms with E-state index in [4.69, 9.17) is 0 Å². The maximum Gasteiger partial charge on any atom is 0.145 e. The highest BCUT2D eigenvalue weighted by Crippen LogP contribution is 2.24. The van der Waals surface area contributed by atoms with Crippen molar-refractivity contribution < 1.29 is 8.78 Å². The molecule has 0 heterocycles. The molecule has 0 saturated heterocycles. The van der Waals surface area contributed by atoms with Gasteiger partial charge in [-0.25, -0.2) is 8.78 Å². The fourth-order valence-corrected chi connectivity index (χ4v) is 2.37. The Morgan fingerprint density at radius 3 is 2.32 bits per heavy atom. The van der Waals surface area contributed by atoms with E-state index in [1.807, 2.05) is 32.0 Å². The Bertz CT molecular complexity index is 591. The lowest BCUT2D eigenvalue weighted by atomic mass is 10.1. The molecule has 0 radical (unpaired) electrons. The topological polar surface area (TPSA) is 12.0 Å². The second-order valence-electron chi connectivity index (χ2n) is 4.44. The summed E-state index contributed by atoms with van der Waals surface area (Å²) in [6, 6.07) is 8.50. The lowest BCUT2D eigenvalue weighted by Gasteiger charge is -2.14. The molecule has 0 aliphatic rings. The number of hydrogen-bond acceptors (Lipinski definition) is 1. The number of anilines is 1. The van der Waals surface area contributed by atoms with E-state index in [2.05, 4.69) is 21.2 Å². The van der Waals surface area contributed by atoms with Crippen LogP contribution in [0.4, 0.5) is 14.5 Å². The number of rotatable bonds is 3. The SMILES string of the molecule is Cc1cccc(C)c1NCc1c(F)ccc(Br)c1F. The summed E-state index contributed by atoms with van der Waals surface area (Å²) in [7, 11) is 0. The molecule has 0 spiro atoms. The summed E-state index contributed by atoms with van der Waals surface area (Å²) in [4.78, 5) is 0. The van der Waals surface area contributed by atoms with Gasteiger partial charge < -0.3 is 5.32 Å². The summed E-state index contributed by atoms with van der Waals surface area (Å²) in [5.41, 5.74) is 3.06. The highest BCUT2D eigenvalue weighted by molar-refractivity contribution is 9.10. The second-order valence-corrected chi connectivity index (χ2v) is 5.30. The number of nitrogens with one attached hydrogen (secondary N) is 1. The van der Waals surface area contributed by atoms with Crippen molar-refractivity contribution in [2.45, 2.75) is 20.4 Å². The molecule has 0 fully saturated rings. The number of aryl methyl sites for hydroxylation is 2. The summed E-state index contributed by atoms with van der Waals surface area (Å²) in [6.07, 6.45) is 0. The Hall–Kier alpha value is -1.42. The van der Waals surface area contributed by atoms with Gasteiger partial charge in [0, 0.05) is 17.8 Å². The van der Waals surface area contributed by atoms with Gasteiger partial charge >= 0.3 is 0 Å². The van der Waals surface area contributed by atoms with Crippen LogP contribution < -0.4 is 5.32 Å². The van der Waals surface area contributed by atoms with Crippen LogP contribution in [-0.2, 0) is 6.54 Å². The molecule has 4 heteroatoms. The Labute approximate surface area is 119 Å². The van der Waals surface area contributed by atoms with E-state index in [0.717, 1.165) is 16.8 Å². The van der Waals surface area contributed by atoms with E-state index in [9.17, 15) is 8.78 Å². The van der Waals surface area contributed by atoms with Gasteiger partial charge in [-0.1, -0.05) is 18.2 Å². The molecule has 0 aliphatic heterocycles. The number of hydrogen-bond donors (Lipinski definition) is 1. The number of halogens is 3. The molecule has 1 N–H and O–H groups in total. The molecule has 0 atom stereocenters. The number of benzene rings is 2. The number of para-hydroxylation sites is 1. The van der Waals surface area contributed by atoms with E-state index in [1.165, 1.54) is 12.1 Å². The molecule has 19 heavy (non-hydrogen) atoms. The molecular formula is C15H14BrF2N. The first-order chi connectivity index (χ1) is 9.00. The van der Waals surface area contributed by atoms with Crippen LogP contribution in [0.1, 0.15) is 16.7 Å². The zero-order valence-corrected chi connectivity index (χ0v) is 12.3. The molecule has 2 aromatic carbocycles. The van der Waals surface area contributed by atoms with Crippen LogP contribution in [0.25, 0.3) is 0 Å². The molecule has 0 unspecified atom stereocenters. The summed E-state index contributed by atoms with van der Waals surface area (Å²) in [5.74, 6) is -1.10. The molecular weight excluding hydrogens is 312 g/mol. The van der Waals surface area contributed by atoms with Crippen molar-refractivity contribution >= 4 is 21.6 Å². The van der Waals surface area contributed by atoms with Gasteiger partial charge in [-0.3, -0.25) is 0 Å². The molecule has 0 saturated carbocycles. The average molecular weight is 326 g/mol. The van der Waals surface area contributed by atoms with Crippen molar-refractivity contribution in [1.29, 1.82) is 0 Å². The van der Waals surface area contributed by atoms with Crippen LogP contribution in [0.3, 0.4) is 0 Å². The molecule has 2 rings (SSSR count). The van der Waals surface area contributed by atoms with Crippen LogP contribution in [-0.4, -0.2) is 0 Å². The first kappa shape index (κ1) is 14.0. The fraction of sp³-hybridized carbons (Fsp3) is 0.200. The van der Waals surface area contributed by atoms with Crippen molar-refractivity contribution in [2.75, 3.05) is 5.32 Å². The van der Waals surface area contributed by atoms with Gasteiger partial charge in [0.05, 0.1) is 4.47 Å². The molecule has 100 valence electrons. The zero-order valence-electron chi connectivity index (χ0n) is 10.7. The monoisotopic (exact) mass is 325 g/mol. The maximum absolute atomic E-state index is 13.8. The van der Waals surface area contributed by atoms with E-state index in [0.29, 0.717) is 0 Å². The third kappa shape index (κ3) is 2.95. The van der Waals surface area contributed by atoms with Gasteiger partial charge in [-0.05, 0) is 53.0 Å². The van der Waals surface area contributed by atoms with Gasteiger partial charge in [0.25, 0.3) is 0 Å². The maximum atomic E-state index is 13.8. The Morgan fingerprint density at radius 2 is 1.68 bits per heavy atom. The van der Waals surface area contributed by atoms with Gasteiger partial charge in [0.2, 0.25) is 0 Å². The Kier molecular flexibility index (Phi) is 4.20. The smallest absolute Gasteiger partial charge is 0.145 e. The summed E-state index contributed by atoms with van der Waals surface area (Å²) in [6.45, 7) is 4.04.